The Labute approximate surface area is 80.2 Å². The molecular formula is C10H10FNO2. The van der Waals surface area contributed by atoms with Crippen LogP contribution in [0.2, 0.25) is 0 Å². The van der Waals surface area contributed by atoms with Gasteiger partial charge in [0.15, 0.2) is 6.29 Å². The van der Waals surface area contributed by atoms with Crippen LogP contribution in [-0.4, -0.2) is 23.5 Å². The van der Waals surface area contributed by atoms with Crippen LogP contribution in [0, 0.1) is 5.82 Å². The van der Waals surface area contributed by atoms with Crippen LogP contribution in [0.3, 0.4) is 0 Å². The lowest BCUT2D eigenvalue weighted by atomic mass is 10.2. The van der Waals surface area contributed by atoms with E-state index in [1.165, 1.54) is 6.07 Å². The van der Waals surface area contributed by atoms with Crippen LogP contribution < -0.4 is 0 Å². The van der Waals surface area contributed by atoms with Crippen LogP contribution >= 0.6 is 0 Å². The normalized spacial score (nSPS) is 9.36. The number of aromatic nitrogens is 1. The summed E-state index contributed by atoms with van der Waals surface area (Å²) in [7, 11) is 1.00. The number of aliphatic hydroxyl groups is 1. The van der Waals surface area contributed by atoms with Crippen molar-refractivity contribution in [2.75, 3.05) is 7.11 Å². The molecule has 0 bridgehead atoms. The number of carbonyl (C=O) groups excluding carboxylic acids is 1. The molecule has 4 heteroatoms. The van der Waals surface area contributed by atoms with Gasteiger partial charge < -0.3 is 10.1 Å². The lowest BCUT2D eigenvalue weighted by molar-refractivity contribution is 0.112. The number of halogens is 1. The zero-order valence-corrected chi connectivity index (χ0v) is 7.62. The highest BCUT2D eigenvalue weighted by atomic mass is 19.1. The summed E-state index contributed by atoms with van der Waals surface area (Å²) in [5, 5.41) is 7.72. The number of aromatic amines is 1. The molecule has 0 aliphatic carbocycles. The third-order valence-electron chi connectivity index (χ3n) is 1.75. The average Bonchev–Trinajstić information content (AvgIpc) is 2.65. The fraction of sp³-hybridized carbons (Fsp3) is 0.100. The van der Waals surface area contributed by atoms with Crippen molar-refractivity contribution in [1.29, 1.82) is 0 Å². The van der Waals surface area contributed by atoms with Crippen molar-refractivity contribution in [2.24, 2.45) is 0 Å². The molecule has 2 rings (SSSR count). The minimum absolute atomic E-state index is 0.333. The first-order chi connectivity index (χ1) is 6.81. The first kappa shape index (κ1) is 10.4. The van der Waals surface area contributed by atoms with Gasteiger partial charge in [-0.3, -0.25) is 4.79 Å². The molecule has 0 atom stereocenters. The summed E-state index contributed by atoms with van der Waals surface area (Å²) in [6, 6.07) is 6.33. The summed E-state index contributed by atoms with van der Waals surface area (Å²) in [4.78, 5) is 13.0. The second kappa shape index (κ2) is 4.53. The highest BCUT2D eigenvalue weighted by Gasteiger charge is 2.02. The Hall–Kier alpha value is -1.68. The number of nitrogens with one attached hydrogen (secondary N) is 1. The molecular weight excluding hydrogens is 185 g/mol. The number of fused-ring (bicyclic) bond motifs is 1. The van der Waals surface area contributed by atoms with Gasteiger partial charge in [-0.1, -0.05) is 12.1 Å². The van der Waals surface area contributed by atoms with Gasteiger partial charge in [0.1, 0.15) is 5.82 Å². The predicted octanol–water partition coefficient (Wildman–Crippen LogP) is 1.73. The van der Waals surface area contributed by atoms with Gasteiger partial charge in [-0.2, -0.15) is 0 Å². The quantitative estimate of drug-likeness (QED) is 0.681. The molecule has 0 spiro atoms. The first-order valence-electron chi connectivity index (χ1n) is 3.98. The Morgan fingerprint density at radius 3 is 2.71 bits per heavy atom. The van der Waals surface area contributed by atoms with Crippen molar-refractivity contribution in [3.05, 3.63) is 35.8 Å². The molecule has 0 aliphatic heterocycles. The monoisotopic (exact) mass is 195 g/mol. The van der Waals surface area contributed by atoms with E-state index >= 15 is 0 Å². The van der Waals surface area contributed by atoms with E-state index in [1.54, 1.807) is 18.2 Å². The Morgan fingerprint density at radius 1 is 1.43 bits per heavy atom. The number of carbonyl (C=O) groups is 1. The number of para-hydroxylation sites is 1. The summed E-state index contributed by atoms with van der Waals surface area (Å²) < 4.78 is 13.0. The second-order valence-electron chi connectivity index (χ2n) is 2.55. The first-order valence-corrected chi connectivity index (χ1v) is 3.98. The largest absolute Gasteiger partial charge is 0.400 e. The second-order valence-corrected chi connectivity index (χ2v) is 2.55. The van der Waals surface area contributed by atoms with Gasteiger partial charge in [-0.15, -0.1) is 0 Å². The Bertz CT molecular complexity index is 437. The van der Waals surface area contributed by atoms with Crippen molar-refractivity contribution >= 4 is 17.2 Å². The number of hydrogen-bond donors (Lipinski definition) is 2. The molecule has 74 valence electrons. The maximum absolute atomic E-state index is 13.0. The summed E-state index contributed by atoms with van der Waals surface area (Å²) in [6.45, 7) is 0. The SMILES string of the molecule is CO.O=Cc1cc2cccc(F)c2[nH]1. The molecule has 2 aromatic rings. The molecule has 1 aromatic carbocycles. The number of benzene rings is 1. The standard InChI is InChI=1S/C9H6FNO.CH4O/c10-8-3-1-2-6-4-7(5-12)11-9(6)8;1-2/h1-5,11H;2H,1H3. The topological polar surface area (TPSA) is 53.1 Å². The van der Waals surface area contributed by atoms with Crippen molar-refractivity contribution < 1.29 is 14.3 Å². The minimum atomic E-state index is -0.333. The van der Waals surface area contributed by atoms with Gasteiger partial charge in [0.25, 0.3) is 0 Å². The molecule has 1 aromatic heterocycles. The van der Waals surface area contributed by atoms with Gasteiger partial charge in [-0.25, -0.2) is 4.39 Å². The lowest BCUT2D eigenvalue weighted by Crippen LogP contribution is -1.78. The van der Waals surface area contributed by atoms with Crippen molar-refractivity contribution in [3.8, 4) is 0 Å². The molecule has 0 aliphatic rings. The molecule has 0 saturated heterocycles. The Kier molecular flexibility index (Phi) is 3.36. The molecule has 0 radical (unpaired) electrons. The predicted molar refractivity (Wildman–Crippen MR) is 51.8 cm³/mol. The number of aliphatic hydroxyl groups excluding tert-OH is 1. The molecule has 14 heavy (non-hydrogen) atoms. The number of rotatable bonds is 1. The molecule has 2 N–H and O–H groups in total. The number of hydrogen-bond acceptors (Lipinski definition) is 2. The lowest BCUT2D eigenvalue weighted by Gasteiger charge is -1.88. The van der Waals surface area contributed by atoms with Crippen molar-refractivity contribution in [3.63, 3.8) is 0 Å². The van der Waals surface area contributed by atoms with E-state index in [0.29, 0.717) is 17.5 Å². The van der Waals surface area contributed by atoms with Crippen molar-refractivity contribution in [1.82, 2.24) is 4.98 Å². The van der Waals surface area contributed by atoms with E-state index < -0.39 is 0 Å². The smallest absolute Gasteiger partial charge is 0.166 e. The molecule has 0 unspecified atom stereocenters. The molecule has 0 saturated carbocycles. The van der Waals surface area contributed by atoms with Crippen LogP contribution in [0.1, 0.15) is 10.5 Å². The van der Waals surface area contributed by atoms with Gasteiger partial charge in [-0.05, 0) is 12.1 Å². The van der Waals surface area contributed by atoms with Crippen LogP contribution in [0.5, 0.6) is 0 Å². The minimum Gasteiger partial charge on any atom is -0.400 e. The third kappa shape index (κ3) is 1.80. The van der Waals surface area contributed by atoms with E-state index in [9.17, 15) is 9.18 Å². The fourth-order valence-electron chi connectivity index (χ4n) is 1.20. The number of aldehydes is 1. The van der Waals surface area contributed by atoms with Crippen LogP contribution in [0.4, 0.5) is 4.39 Å². The van der Waals surface area contributed by atoms with Gasteiger partial charge >= 0.3 is 0 Å². The van der Waals surface area contributed by atoms with E-state index in [1.807, 2.05) is 0 Å². The van der Waals surface area contributed by atoms with E-state index in [4.69, 9.17) is 5.11 Å². The summed E-state index contributed by atoms with van der Waals surface area (Å²) in [5.74, 6) is -0.333. The van der Waals surface area contributed by atoms with Crippen LogP contribution in [-0.2, 0) is 0 Å². The zero-order valence-electron chi connectivity index (χ0n) is 7.62. The maximum Gasteiger partial charge on any atom is 0.166 e. The van der Waals surface area contributed by atoms with Crippen molar-refractivity contribution in [2.45, 2.75) is 0 Å². The summed E-state index contributed by atoms with van der Waals surface area (Å²) >= 11 is 0. The van der Waals surface area contributed by atoms with Gasteiger partial charge in [0, 0.05) is 12.5 Å². The van der Waals surface area contributed by atoms with E-state index in [2.05, 4.69) is 4.98 Å². The number of H-pyrrole nitrogens is 1. The van der Waals surface area contributed by atoms with E-state index in [-0.39, 0.29) is 5.82 Å². The molecule has 0 amide bonds. The Balaban J connectivity index is 0.000000461. The highest BCUT2D eigenvalue weighted by Crippen LogP contribution is 2.16. The fourth-order valence-corrected chi connectivity index (χ4v) is 1.20. The molecule has 3 nitrogen and oxygen atoms in total. The summed E-state index contributed by atoms with van der Waals surface area (Å²) in [5.41, 5.74) is 0.787. The maximum atomic E-state index is 13.0. The van der Waals surface area contributed by atoms with Gasteiger partial charge in [0.05, 0.1) is 11.2 Å². The Morgan fingerprint density at radius 2 is 2.14 bits per heavy atom. The van der Waals surface area contributed by atoms with Gasteiger partial charge in [0.2, 0.25) is 0 Å². The highest BCUT2D eigenvalue weighted by molar-refractivity contribution is 5.88. The van der Waals surface area contributed by atoms with Crippen LogP contribution in [0.25, 0.3) is 10.9 Å². The van der Waals surface area contributed by atoms with Crippen LogP contribution in [0.15, 0.2) is 24.3 Å². The average molecular weight is 195 g/mol. The van der Waals surface area contributed by atoms with E-state index in [0.717, 1.165) is 12.5 Å². The third-order valence-corrected chi connectivity index (χ3v) is 1.75. The summed E-state index contributed by atoms with van der Waals surface area (Å²) in [6.07, 6.45) is 0.666. The molecule has 1 heterocycles. The molecule has 0 fully saturated rings. The zero-order chi connectivity index (χ0) is 10.6.